The van der Waals surface area contributed by atoms with Gasteiger partial charge >= 0.3 is 5.92 Å². The summed E-state index contributed by atoms with van der Waals surface area (Å²) in [5.41, 5.74) is -3.71. The molecule has 0 saturated heterocycles. The topological polar surface area (TPSA) is 156 Å². The zero-order valence-corrected chi connectivity index (χ0v) is 16.3. The van der Waals surface area contributed by atoms with Crippen LogP contribution in [0.15, 0.2) is 29.3 Å². The van der Waals surface area contributed by atoms with Crippen molar-refractivity contribution in [3.05, 3.63) is 68.8 Å². The van der Waals surface area contributed by atoms with Gasteiger partial charge in [0.25, 0.3) is 11.5 Å². The number of aromatic amines is 1. The van der Waals surface area contributed by atoms with Crippen LogP contribution in [0.1, 0.15) is 34.1 Å². The van der Waals surface area contributed by atoms with Crippen LogP contribution in [0.3, 0.4) is 0 Å². The lowest BCUT2D eigenvalue weighted by Gasteiger charge is -2.22. The van der Waals surface area contributed by atoms with Crippen molar-refractivity contribution in [2.75, 3.05) is 6.61 Å². The van der Waals surface area contributed by atoms with Crippen LogP contribution in [0.2, 0.25) is 0 Å². The normalized spacial score (nSPS) is 12.1. The Kier molecular flexibility index (Phi) is 5.91. The maximum Gasteiger partial charge on any atom is 0.355 e. The zero-order chi connectivity index (χ0) is 23.6. The van der Waals surface area contributed by atoms with Crippen molar-refractivity contribution in [3.63, 3.8) is 0 Å². The van der Waals surface area contributed by atoms with E-state index in [2.05, 4.69) is 15.0 Å². The largest absolute Gasteiger partial charge is 0.394 e. The number of fused-ring (bicyclic) bond motifs is 1. The number of nitrogens with zero attached hydrogens (tertiary/aromatic N) is 4. The van der Waals surface area contributed by atoms with Gasteiger partial charge in [0.1, 0.15) is 29.3 Å². The van der Waals surface area contributed by atoms with Crippen LogP contribution in [0.4, 0.5) is 13.2 Å². The molecule has 3 aromatic heterocycles. The molecule has 0 radical (unpaired) electrons. The Hall–Kier alpha value is -4.29. The van der Waals surface area contributed by atoms with Crippen LogP contribution in [0.5, 0.6) is 0 Å². The molecule has 3 rings (SSSR count). The number of rotatable bonds is 5. The maximum absolute atomic E-state index is 15.1. The molecule has 0 bridgehead atoms. The van der Waals surface area contributed by atoms with Gasteiger partial charge in [-0.1, -0.05) is 0 Å². The molecule has 9 nitrogen and oxygen atoms in total. The summed E-state index contributed by atoms with van der Waals surface area (Å²) < 4.78 is 44.4. The van der Waals surface area contributed by atoms with Gasteiger partial charge in [0.15, 0.2) is 0 Å². The van der Waals surface area contributed by atoms with Gasteiger partial charge in [0.05, 0.1) is 29.3 Å². The fraction of sp³-hybridized carbons (Fsp3) is 0.200. The highest BCUT2D eigenvalue weighted by molar-refractivity contribution is 5.91. The smallest absolute Gasteiger partial charge is 0.355 e. The molecule has 1 atom stereocenters. The first-order valence-corrected chi connectivity index (χ1v) is 8.93. The number of nitriles is 2. The molecular weight excluding hydrogens is 429 g/mol. The molecule has 1 unspecified atom stereocenters. The van der Waals surface area contributed by atoms with Crippen LogP contribution in [0, 0.1) is 35.4 Å². The van der Waals surface area contributed by atoms with E-state index in [-0.39, 0.29) is 27.7 Å². The number of aliphatic hydroxyl groups excluding tert-OH is 1. The van der Waals surface area contributed by atoms with E-state index in [1.807, 2.05) is 0 Å². The summed E-state index contributed by atoms with van der Waals surface area (Å²) in [5, 5.41) is 29.2. The van der Waals surface area contributed by atoms with Crippen molar-refractivity contribution < 1.29 is 23.1 Å². The van der Waals surface area contributed by atoms with Crippen molar-refractivity contribution in [1.29, 1.82) is 10.5 Å². The van der Waals surface area contributed by atoms with E-state index in [0.29, 0.717) is 0 Å². The number of hydrogen-bond donors (Lipinski definition) is 3. The number of aryl methyl sites for hydroxylation is 1. The van der Waals surface area contributed by atoms with Crippen LogP contribution < -0.4 is 10.9 Å². The Bertz CT molecular complexity index is 1370. The number of aromatic nitrogens is 3. The first-order chi connectivity index (χ1) is 15.1. The number of hydrogen-bond acceptors (Lipinski definition) is 7. The summed E-state index contributed by atoms with van der Waals surface area (Å²) in [6.45, 7) is 0.148. The molecule has 12 heteroatoms. The Morgan fingerprint density at radius 3 is 2.66 bits per heavy atom. The Labute approximate surface area is 177 Å². The second-order valence-electron chi connectivity index (χ2n) is 6.63. The van der Waals surface area contributed by atoms with Gasteiger partial charge in [-0.25, -0.2) is 9.37 Å². The van der Waals surface area contributed by atoms with E-state index in [9.17, 15) is 24.3 Å². The monoisotopic (exact) mass is 442 g/mol. The molecule has 3 heterocycles. The lowest BCUT2D eigenvalue weighted by Crippen LogP contribution is -2.44. The summed E-state index contributed by atoms with van der Waals surface area (Å²) in [6, 6.07) is 3.77. The van der Waals surface area contributed by atoms with E-state index >= 15 is 8.78 Å². The van der Waals surface area contributed by atoms with E-state index in [4.69, 9.17) is 5.26 Å². The van der Waals surface area contributed by atoms with Crippen LogP contribution >= 0.6 is 0 Å². The van der Waals surface area contributed by atoms with Crippen LogP contribution in [-0.2, 0) is 10.7 Å². The van der Waals surface area contributed by atoms with E-state index in [0.717, 1.165) is 19.2 Å². The van der Waals surface area contributed by atoms with Gasteiger partial charge in [-0.3, -0.25) is 14.6 Å². The van der Waals surface area contributed by atoms with Gasteiger partial charge in [0.2, 0.25) is 0 Å². The minimum absolute atomic E-state index is 0.0596. The fourth-order valence-corrected chi connectivity index (χ4v) is 3.22. The minimum atomic E-state index is -4.43. The SMILES string of the molecule is Cc1c(C(F)(F)C(=O)NC(CO)c2ncc(C#N)cc2F)c(=O)[nH]c2ccnc(C#N)c12. The Balaban J connectivity index is 2.05. The number of carbonyl (C=O) groups excluding carboxylic acids is 1. The predicted octanol–water partition coefficient (Wildman–Crippen LogP) is 1.45. The highest BCUT2D eigenvalue weighted by Gasteiger charge is 2.46. The molecule has 3 N–H and O–H groups in total. The lowest BCUT2D eigenvalue weighted by molar-refractivity contribution is -0.148. The van der Waals surface area contributed by atoms with Crippen molar-refractivity contribution >= 4 is 16.8 Å². The molecule has 162 valence electrons. The van der Waals surface area contributed by atoms with E-state index in [1.54, 1.807) is 17.5 Å². The zero-order valence-electron chi connectivity index (χ0n) is 16.3. The third-order valence-electron chi connectivity index (χ3n) is 4.70. The molecule has 0 saturated carbocycles. The van der Waals surface area contributed by atoms with Crippen molar-refractivity contribution in [3.8, 4) is 12.1 Å². The predicted molar refractivity (Wildman–Crippen MR) is 103 cm³/mol. The second kappa shape index (κ2) is 8.45. The minimum Gasteiger partial charge on any atom is -0.394 e. The number of aliphatic hydroxyl groups is 1. The Morgan fingerprint density at radius 1 is 1.34 bits per heavy atom. The molecule has 32 heavy (non-hydrogen) atoms. The maximum atomic E-state index is 15.1. The van der Waals surface area contributed by atoms with Crippen molar-refractivity contribution in [2.45, 2.75) is 18.9 Å². The first-order valence-electron chi connectivity index (χ1n) is 8.93. The fourth-order valence-electron chi connectivity index (χ4n) is 3.22. The van der Waals surface area contributed by atoms with Crippen molar-refractivity contribution in [1.82, 2.24) is 20.3 Å². The molecule has 0 fully saturated rings. The van der Waals surface area contributed by atoms with Gasteiger partial charge in [-0.15, -0.1) is 0 Å². The van der Waals surface area contributed by atoms with Crippen LogP contribution in [-0.4, -0.2) is 32.6 Å². The molecule has 1 amide bonds. The van der Waals surface area contributed by atoms with Gasteiger partial charge in [0, 0.05) is 17.8 Å². The van der Waals surface area contributed by atoms with Gasteiger partial charge in [-0.2, -0.15) is 19.3 Å². The molecule has 3 aromatic rings. The molecule has 0 aliphatic rings. The summed E-state index contributed by atoms with van der Waals surface area (Å²) >= 11 is 0. The molecule has 0 aliphatic carbocycles. The number of carbonyl (C=O) groups is 1. The third-order valence-corrected chi connectivity index (χ3v) is 4.70. The quantitative estimate of drug-likeness (QED) is 0.540. The molecular formula is C20H13F3N6O3. The molecule has 0 aliphatic heterocycles. The van der Waals surface area contributed by atoms with Gasteiger partial charge in [-0.05, 0) is 24.6 Å². The summed E-state index contributed by atoms with van der Waals surface area (Å²) in [4.78, 5) is 34.4. The Morgan fingerprint density at radius 2 is 2.06 bits per heavy atom. The highest BCUT2D eigenvalue weighted by Crippen LogP contribution is 2.32. The number of H-pyrrole nitrogens is 1. The number of halogens is 3. The van der Waals surface area contributed by atoms with E-state index < -0.39 is 47.1 Å². The second-order valence-corrected chi connectivity index (χ2v) is 6.63. The van der Waals surface area contributed by atoms with Crippen molar-refractivity contribution in [2.24, 2.45) is 0 Å². The first kappa shape index (κ1) is 22.4. The number of amides is 1. The lowest BCUT2D eigenvalue weighted by atomic mass is 9.98. The summed E-state index contributed by atoms with van der Waals surface area (Å²) in [5.74, 6) is -7.53. The van der Waals surface area contributed by atoms with E-state index in [1.165, 1.54) is 12.3 Å². The summed E-state index contributed by atoms with van der Waals surface area (Å²) in [6.07, 6.45) is 2.16. The third kappa shape index (κ3) is 3.75. The highest BCUT2D eigenvalue weighted by atomic mass is 19.3. The molecule has 0 spiro atoms. The average Bonchev–Trinajstić information content (AvgIpc) is 2.76. The average molecular weight is 442 g/mol. The number of nitrogens with one attached hydrogen (secondary N) is 2. The molecule has 0 aromatic carbocycles. The number of pyridine rings is 3. The standard InChI is InChI=1S/C20H13F3N6O3/c1-9-15-12(2-3-26-13(15)6-25)28-18(31)16(9)20(22,23)19(32)29-14(8-30)17-11(21)4-10(5-24)7-27-17/h2-4,7,14,30H,8H2,1H3,(H,28,31)(H,29,32). The number of alkyl halides is 2. The summed E-state index contributed by atoms with van der Waals surface area (Å²) in [7, 11) is 0. The van der Waals surface area contributed by atoms with Crippen LogP contribution in [0.25, 0.3) is 10.9 Å². The van der Waals surface area contributed by atoms with Gasteiger partial charge < -0.3 is 15.4 Å².